The van der Waals surface area contributed by atoms with Crippen molar-refractivity contribution in [2.75, 3.05) is 40.4 Å². The molecule has 0 radical (unpaired) electrons. The van der Waals surface area contributed by atoms with Crippen LogP contribution in [0.15, 0.2) is 0 Å². The van der Waals surface area contributed by atoms with Crippen LogP contribution in [-0.4, -0.2) is 75.0 Å². The minimum atomic E-state index is -0.429. The molecule has 26 heavy (non-hydrogen) atoms. The molecule has 150 valence electrons. The second-order valence-electron chi connectivity index (χ2n) is 5.65. The molecule has 0 bridgehead atoms. The zero-order valence-electron chi connectivity index (χ0n) is 16.2. The highest BCUT2D eigenvalue weighted by Gasteiger charge is 2.37. The first-order valence-corrected chi connectivity index (χ1v) is 8.97. The zero-order valence-corrected chi connectivity index (χ0v) is 16.2. The summed E-state index contributed by atoms with van der Waals surface area (Å²) < 4.78 is 5.02. The van der Waals surface area contributed by atoms with Gasteiger partial charge in [-0.15, -0.1) is 0 Å². The van der Waals surface area contributed by atoms with Gasteiger partial charge in [0.1, 0.15) is 0 Å². The van der Waals surface area contributed by atoms with Gasteiger partial charge in [-0.25, -0.2) is 0 Å². The Morgan fingerprint density at radius 3 is 2.35 bits per heavy atom. The highest BCUT2D eigenvalue weighted by Crippen LogP contribution is 2.12. The SMILES string of the molecule is CCCNC(=O)CCOCC.CNC(=O)CCN1C(=O)CC(NC)C1=O. The van der Waals surface area contributed by atoms with Crippen molar-refractivity contribution in [2.45, 2.75) is 45.6 Å². The molecule has 0 aliphatic carbocycles. The topological polar surface area (TPSA) is 117 Å². The third-order valence-corrected chi connectivity index (χ3v) is 3.68. The van der Waals surface area contributed by atoms with E-state index in [0.29, 0.717) is 19.6 Å². The van der Waals surface area contributed by atoms with Gasteiger partial charge < -0.3 is 20.7 Å². The molecule has 9 heteroatoms. The summed E-state index contributed by atoms with van der Waals surface area (Å²) in [5, 5.41) is 7.98. The maximum Gasteiger partial charge on any atom is 0.246 e. The van der Waals surface area contributed by atoms with Crippen LogP contribution in [0.2, 0.25) is 0 Å². The van der Waals surface area contributed by atoms with Gasteiger partial charge in [0.2, 0.25) is 23.6 Å². The lowest BCUT2D eigenvalue weighted by atomic mass is 10.2. The Hall–Kier alpha value is -2.00. The third kappa shape index (κ3) is 9.47. The van der Waals surface area contributed by atoms with Crippen LogP contribution in [0.25, 0.3) is 0 Å². The van der Waals surface area contributed by atoms with Crippen LogP contribution in [-0.2, 0) is 23.9 Å². The number of hydrogen-bond donors (Lipinski definition) is 3. The molecule has 3 N–H and O–H groups in total. The van der Waals surface area contributed by atoms with Gasteiger partial charge in [-0.1, -0.05) is 6.92 Å². The summed E-state index contributed by atoms with van der Waals surface area (Å²) >= 11 is 0. The van der Waals surface area contributed by atoms with Crippen LogP contribution < -0.4 is 16.0 Å². The Bertz CT molecular complexity index is 470. The van der Waals surface area contributed by atoms with Crippen LogP contribution in [0.5, 0.6) is 0 Å². The minimum Gasteiger partial charge on any atom is -0.381 e. The lowest BCUT2D eigenvalue weighted by Gasteiger charge is -2.13. The molecule has 0 aromatic carbocycles. The van der Waals surface area contributed by atoms with Gasteiger partial charge in [-0.2, -0.15) is 0 Å². The first-order valence-electron chi connectivity index (χ1n) is 8.97. The highest BCUT2D eigenvalue weighted by atomic mass is 16.5. The number of carbonyl (C=O) groups excluding carboxylic acids is 4. The Balaban J connectivity index is 0.000000508. The number of likely N-dealkylation sites (N-methyl/N-ethyl adjacent to an activating group) is 1. The molecule has 1 rings (SSSR count). The van der Waals surface area contributed by atoms with Crippen molar-refractivity contribution in [3.8, 4) is 0 Å². The van der Waals surface area contributed by atoms with Crippen molar-refractivity contribution >= 4 is 23.6 Å². The monoisotopic (exact) mass is 372 g/mol. The molecule has 1 saturated heterocycles. The third-order valence-electron chi connectivity index (χ3n) is 3.68. The minimum absolute atomic E-state index is 0.0836. The molecular weight excluding hydrogens is 340 g/mol. The number of hydrogen-bond acceptors (Lipinski definition) is 6. The van der Waals surface area contributed by atoms with Crippen molar-refractivity contribution in [3.63, 3.8) is 0 Å². The fourth-order valence-corrected chi connectivity index (χ4v) is 2.14. The molecule has 1 fully saturated rings. The van der Waals surface area contributed by atoms with E-state index in [9.17, 15) is 19.2 Å². The molecule has 1 atom stereocenters. The van der Waals surface area contributed by atoms with Crippen LogP contribution >= 0.6 is 0 Å². The van der Waals surface area contributed by atoms with E-state index in [0.717, 1.165) is 17.9 Å². The number of ether oxygens (including phenoxy) is 1. The van der Waals surface area contributed by atoms with Crippen molar-refractivity contribution < 1.29 is 23.9 Å². The Morgan fingerprint density at radius 2 is 1.85 bits per heavy atom. The van der Waals surface area contributed by atoms with Crippen molar-refractivity contribution in [1.29, 1.82) is 0 Å². The van der Waals surface area contributed by atoms with E-state index in [-0.39, 0.29) is 43.0 Å². The number of carbonyl (C=O) groups is 4. The fraction of sp³-hybridized carbons (Fsp3) is 0.765. The molecule has 1 aliphatic rings. The summed E-state index contributed by atoms with van der Waals surface area (Å²) in [7, 11) is 3.16. The number of rotatable bonds is 10. The summed E-state index contributed by atoms with van der Waals surface area (Å²) in [5.41, 5.74) is 0. The lowest BCUT2D eigenvalue weighted by molar-refractivity contribution is -0.139. The molecule has 9 nitrogen and oxygen atoms in total. The van der Waals surface area contributed by atoms with Gasteiger partial charge in [-0.05, 0) is 20.4 Å². The van der Waals surface area contributed by atoms with E-state index in [4.69, 9.17) is 4.74 Å². The molecule has 1 unspecified atom stereocenters. The molecule has 0 aromatic heterocycles. The standard InChI is InChI=1S/C9H15N3O3.C8H17NO2/c1-10-6-5-8(14)12(9(6)15)4-3-7(13)11-2;1-3-6-9-8(10)5-7-11-4-2/h6,10H,3-5H2,1-2H3,(H,11,13);3-7H2,1-2H3,(H,9,10). The van der Waals surface area contributed by atoms with Crippen LogP contribution in [0.3, 0.4) is 0 Å². The smallest absolute Gasteiger partial charge is 0.246 e. The first-order chi connectivity index (χ1) is 12.4. The molecule has 0 aromatic rings. The maximum absolute atomic E-state index is 11.6. The normalized spacial score (nSPS) is 16.2. The molecule has 0 spiro atoms. The summed E-state index contributed by atoms with van der Waals surface area (Å²) in [6, 6.07) is -0.429. The largest absolute Gasteiger partial charge is 0.381 e. The second kappa shape index (κ2) is 14.2. The number of nitrogens with one attached hydrogen (secondary N) is 3. The van der Waals surface area contributed by atoms with Crippen molar-refractivity contribution in [1.82, 2.24) is 20.9 Å². The summed E-state index contributed by atoms with van der Waals surface area (Å²) in [6.45, 7) is 6.10. The molecule has 1 aliphatic heterocycles. The quantitative estimate of drug-likeness (QED) is 0.349. The average molecular weight is 372 g/mol. The first kappa shape index (κ1) is 24.0. The van der Waals surface area contributed by atoms with E-state index in [1.165, 1.54) is 7.05 Å². The highest BCUT2D eigenvalue weighted by molar-refractivity contribution is 6.05. The van der Waals surface area contributed by atoms with Gasteiger partial charge in [-0.3, -0.25) is 24.1 Å². The Morgan fingerprint density at radius 1 is 1.15 bits per heavy atom. The molecule has 4 amide bonds. The summed E-state index contributed by atoms with van der Waals surface area (Å²) in [6.07, 6.45) is 1.81. The second-order valence-corrected chi connectivity index (χ2v) is 5.65. The van der Waals surface area contributed by atoms with E-state index >= 15 is 0 Å². The number of amides is 4. The van der Waals surface area contributed by atoms with Crippen molar-refractivity contribution in [2.24, 2.45) is 0 Å². The zero-order chi connectivity index (χ0) is 19.9. The molecule has 0 saturated carbocycles. The number of nitrogens with zero attached hydrogens (tertiary/aromatic N) is 1. The molecule has 1 heterocycles. The van der Waals surface area contributed by atoms with Gasteiger partial charge in [0, 0.05) is 39.6 Å². The number of imide groups is 1. The van der Waals surface area contributed by atoms with Crippen LogP contribution in [0.4, 0.5) is 0 Å². The maximum atomic E-state index is 11.6. The van der Waals surface area contributed by atoms with Crippen LogP contribution in [0.1, 0.15) is 39.5 Å². The average Bonchev–Trinajstić information content (AvgIpc) is 2.91. The van der Waals surface area contributed by atoms with E-state index in [1.54, 1.807) is 7.05 Å². The predicted octanol–water partition coefficient (Wildman–Crippen LogP) is -0.591. The Kier molecular flexibility index (Phi) is 13.1. The van der Waals surface area contributed by atoms with Gasteiger partial charge in [0.15, 0.2) is 0 Å². The molecular formula is C17H32N4O5. The van der Waals surface area contributed by atoms with Crippen LogP contribution in [0, 0.1) is 0 Å². The van der Waals surface area contributed by atoms with E-state index < -0.39 is 6.04 Å². The van der Waals surface area contributed by atoms with E-state index in [2.05, 4.69) is 16.0 Å². The van der Waals surface area contributed by atoms with Crippen molar-refractivity contribution in [3.05, 3.63) is 0 Å². The summed E-state index contributed by atoms with van der Waals surface area (Å²) in [5.74, 6) is -0.557. The fourth-order valence-electron chi connectivity index (χ4n) is 2.14. The van der Waals surface area contributed by atoms with E-state index in [1.807, 2.05) is 13.8 Å². The number of likely N-dealkylation sites (tertiary alicyclic amines) is 1. The van der Waals surface area contributed by atoms with Gasteiger partial charge in [0.25, 0.3) is 0 Å². The Labute approximate surface area is 155 Å². The van der Waals surface area contributed by atoms with Gasteiger partial charge in [0.05, 0.1) is 19.1 Å². The van der Waals surface area contributed by atoms with Gasteiger partial charge >= 0.3 is 0 Å². The predicted molar refractivity (Wildman–Crippen MR) is 97.3 cm³/mol. The summed E-state index contributed by atoms with van der Waals surface area (Å²) in [4.78, 5) is 45.9. The lowest BCUT2D eigenvalue weighted by Crippen LogP contribution is -2.38.